The Morgan fingerprint density at radius 3 is 2.54 bits per heavy atom. The number of hydrogen-bond acceptors (Lipinski definition) is 4. The zero-order valence-corrected chi connectivity index (χ0v) is 13.4. The van der Waals surface area contributed by atoms with E-state index in [0.29, 0.717) is 11.3 Å². The van der Waals surface area contributed by atoms with E-state index in [2.05, 4.69) is 15.0 Å². The Hall–Kier alpha value is -2.89. The molecule has 0 bridgehead atoms. The van der Waals surface area contributed by atoms with Crippen molar-refractivity contribution in [2.45, 2.75) is 18.9 Å². The van der Waals surface area contributed by atoms with Gasteiger partial charge in [0.25, 0.3) is 0 Å². The summed E-state index contributed by atoms with van der Waals surface area (Å²) in [6.07, 6.45) is 5.41. The summed E-state index contributed by atoms with van der Waals surface area (Å²) in [6, 6.07) is 10.5. The zero-order chi connectivity index (χ0) is 16.9. The summed E-state index contributed by atoms with van der Waals surface area (Å²) in [5, 5.41) is 2.89. The predicted octanol–water partition coefficient (Wildman–Crippen LogP) is 3.24. The maximum Gasteiger partial charge on any atom is 0.337 e. The number of aromatic nitrogens is 1. The summed E-state index contributed by atoms with van der Waals surface area (Å²) >= 11 is 0. The van der Waals surface area contributed by atoms with E-state index in [1.165, 1.54) is 7.11 Å². The van der Waals surface area contributed by atoms with Crippen molar-refractivity contribution >= 4 is 17.7 Å². The van der Waals surface area contributed by atoms with Gasteiger partial charge in [-0.1, -0.05) is 0 Å². The van der Waals surface area contributed by atoms with Crippen LogP contribution in [0.5, 0.6) is 0 Å². The maximum atomic E-state index is 12.6. The van der Waals surface area contributed by atoms with E-state index in [4.69, 9.17) is 0 Å². The molecule has 0 saturated carbocycles. The highest BCUT2D eigenvalue weighted by Gasteiger charge is 2.29. The molecule has 1 saturated heterocycles. The smallest absolute Gasteiger partial charge is 0.337 e. The molecule has 6 heteroatoms. The van der Waals surface area contributed by atoms with Gasteiger partial charge in [0.15, 0.2) is 0 Å². The van der Waals surface area contributed by atoms with Crippen LogP contribution in [0, 0.1) is 0 Å². The van der Waals surface area contributed by atoms with Gasteiger partial charge in [0.05, 0.1) is 18.7 Å². The minimum Gasteiger partial charge on any atom is -0.465 e. The molecule has 124 valence electrons. The molecule has 2 heterocycles. The van der Waals surface area contributed by atoms with E-state index in [9.17, 15) is 9.59 Å². The van der Waals surface area contributed by atoms with Crippen LogP contribution >= 0.6 is 0 Å². The number of likely N-dealkylation sites (tertiary alicyclic amines) is 1. The number of urea groups is 1. The highest BCUT2D eigenvalue weighted by Crippen LogP contribution is 2.32. The number of amides is 2. The number of rotatable bonds is 3. The quantitative estimate of drug-likeness (QED) is 0.880. The van der Waals surface area contributed by atoms with Gasteiger partial charge < -0.3 is 15.0 Å². The molecule has 1 fully saturated rings. The number of benzene rings is 1. The molecule has 24 heavy (non-hydrogen) atoms. The molecular formula is C18H19N3O3. The lowest BCUT2D eigenvalue weighted by Gasteiger charge is -2.25. The van der Waals surface area contributed by atoms with Crippen molar-refractivity contribution in [1.82, 2.24) is 9.88 Å². The van der Waals surface area contributed by atoms with Crippen molar-refractivity contribution < 1.29 is 14.3 Å². The highest BCUT2D eigenvalue weighted by atomic mass is 16.5. The van der Waals surface area contributed by atoms with Gasteiger partial charge in [0.2, 0.25) is 0 Å². The molecule has 0 aliphatic carbocycles. The van der Waals surface area contributed by atoms with Crippen molar-refractivity contribution in [3.05, 3.63) is 59.9 Å². The number of ether oxygens (including phenoxy) is 1. The second-order valence-corrected chi connectivity index (χ2v) is 5.63. The molecule has 2 aromatic rings. The number of carbonyl (C=O) groups is 2. The van der Waals surface area contributed by atoms with Gasteiger partial charge in [-0.15, -0.1) is 0 Å². The summed E-state index contributed by atoms with van der Waals surface area (Å²) in [4.78, 5) is 29.9. The van der Waals surface area contributed by atoms with E-state index in [1.807, 2.05) is 17.0 Å². The number of pyridine rings is 1. The molecule has 2 amide bonds. The molecule has 0 radical (unpaired) electrons. The molecule has 1 aliphatic heterocycles. The normalized spacial score (nSPS) is 16.7. The summed E-state index contributed by atoms with van der Waals surface area (Å²) in [5.74, 6) is -0.398. The van der Waals surface area contributed by atoms with Crippen molar-refractivity contribution in [1.29, 1.82) is 0 Å². The van der Waals surface area contributed by atoms with Crippen molar-refractivity contribution in [3.8, 4) is 0 Å². The molecule has 0 spiro atoms. The van der Waals surface area contributed by atoms with Gasteiger partial charge in [0.1, 0.15) is 0 Å². The van der Waals surface area contributed by atoms with Gasteiger partial charge >= 0.3 is 12.0 Å². The van der Waals surface area contributed by atoms with E-state index >= 15 is 0 Å². The first kappa shape index (κ1) is 16.0. The topological polar surface area (TPSA) is 71.5 Å². The minimum absolute atomic E-state index is 0.0716. The largest absolute Gasteiger partial charge is 0.465 e. The Labute approximate surface area is 140 Å². The van der Waals surface area contributed by atoms with Crippen LogP contribution in [0.2, 0.25) is 0 Å². The predicted molar refractivity (Wildman–Crippen MR) is 89.7 cm³/mol. The molecular weight excluding hydrogens is 306 g/mol. The average molecular weight is 325 g/mol. The van der Waals surface area contributed by atoms with E-state index < -0.39 is 5.97 Å². The van der Waals surface area contributed by atoms with Crippen LogP contribution in [0.25, 0.3) is 0 Å². The van der Waals surface area contributed by atoms with Crippen LogP contribution in [0.3, 0.4) is 0 Å². The summed E-state index contributed by atoms with van der Waals surface area (Å²) in [5.41, 5.74) is 2.19. The highest BCUT2D eigenvalue weighted by molar-refractivity contribution is 5.92. The first-order valence-electron chi connectivity index (χ1n) is 7.85. The molecule has 1 N–H and O–H groups in total. The lowest BCUT2D eigenvalue weighted by Crippen LogP contribution is -2.34. The lowest BCUT2D eigenvalue weighted by atomic mass is 10.1. The lowest BCUT2D eigenvalue weighted by molar-refractivity contribution is 0.0601. The zero-order valence-electron chi connectivity index (χ0n) is 13.4. The fourth-order valence-electron chi connectivity index (χ4n) is 2.94. The molecule has 1 aromatic carbocycles. The standard InChI is InChI=1S/C18H19N3O3/c1-24-17(22)14-4-6-15(7-5-14)20-18(23)21-12-2-3-16(21)13-8-10-19-11-9-13/h4-11,16H,2-3,12H2,1H3,(H,20,23). The molecule has 1 aliphatic rings. The number of nitrogens with zero attached hydrogens (tertiary/aromatic N) is 2. The minimum atomic E-state index is -0.398. The maximum absolute atomic E-state index is 12.6. The molecule has 3 rings (SSSR count). The first-order chi connectivity index (χ1) is 11.7. The fourth-order valence-corrected chi connectivity index (χ4v) is 2.94. The van der Waals surface area contributed by atoms with E-state index in [0.717, 1.165) is 24.9 Å². The number of nitrogens with one attached hydrogen (secondary N) is 1. The van der Waals surface area contributed by atoms with Crippen molar-refractivity contribution in [3.63, 3.8) is 0 Å². The monoisotopic (exact) mass is 325 g/mol. The Morgan fingerprint density at radius 2 is 1.88 bits per heavy atom. The molecule has 1 atom stereocenters. The van der Waals surface area contributed by atoms with Gasteiger partial charge in [-0.2, -0.15) is 0 Å². The molecule has 1 unspecified atom stereocenters. The van der Waals surface area contributed by atoms with Crippen molar-refractivity contribution in [2.24, 2.45) is 0 Å². The van der Waals surface area contributed by atoms with Crippen molar-refractivity contribution in [2.75, 3.05) is 19.0 Å². The number of methoxy groups -OCH3 is 1. The van der Waals surface area contributed by atoms with Gasteiger partial charge in [0, 0.05) is 24.6 Å². The van der Waals surface area contributed by atoms with Crippen LogP contribution in [0.1, 0.15) is 34.8 Å². The number of hydrogen-bond donors (Lipinski definition) is 1. The van der Waals surface area contributed by atoms with Gasteiger partial charge in [-0.25, -0.2) is 9.59 Å². The Balaban J connectivity index is 1.69. The van der Waals surface area contributed by atoms with Crippen LogP contribution < -0.4 is 5.32 Å². The third-order valence-corrected chi connectivity index (χ3v) is 4.16. The Kier molecular flexibility index (Phi) is 4.74. The molecule has 1 aromatic heterocycles. The van der Waals surface area contributed by atoms with Crippen LogP contribution in [0.4, 0.5) is 10.5 Å². The Morgan fingerprint density at radius 1 is 1.17 bits per heavy atom. The second-order valence-electron chi connectivity index (χ2n) is 5.63. The Bertz CT molecular complexity index is 716. The summed E-state index contributed by atoms with van der Waals surface area (Å²) < 4.78 is 4.66. The molecule has 6 nitrogen and oxygen atoms in total. The second kappa shape index (κ2) is 7.12. The number of carbonyl (C=O) groups excluding carboxylic acids is 2. The first-order valence-corrected chi connectivity index (χ1v) is 7.85. The third-order valence-electron chi connectivity index (χ3n) is 4.16. The van der Waals surface area contributed by atoms with Gasteiger partial charge in [-0.3, -0.25) is 4.98 Å². The summed E-state index contributed by atoms with van der Waals surface area (Å²) in [6.45, 7) is 0.721. The third kappa shape index (κ3) is 3.37. The van der Waals surface area contributed by atoms with Gasteiger partial charge in [-0.05, 0) is 54.8 Å². The van der Waals surface area contributed by atoms with Crippen LogP contribution in [-0.4, -0.2) is 35.5 Å². The van der Waals surface area contributed by atoms with E-state index in [1.54, 1.807) is 36.7 Å². The summed E-state index contributed by atoms with van der Waals surface area (Å²) in [7, 11) is 1.34. The van der Waals surface area contributed by atoms with E-state index in [-0.39, 0.29) is 12.1 Å². The average Bonchev–Trinajstić information content (AvgIpc) is 3.12. The van der Waals surface area contributed by atoms with Crippen LogP contribution in [0.15, 0.2) is 48.8 Å². The number of anilines is 1. The fraction of sp³-hybridized carbons (Fsp3) is 0.278. The van der Waals surface area contributed by atoms with Crippen LogP contribution in [-0.2, 0) is 4.74 Å². The SMILES string of the molecule is COC(=O)c1ccc(NC(=O)N2CCCC2c2ccncc2)cc1. The number of esters is 1.